The van der Waals surface area contributed by atoms with Crippen molar-refractivity contribution in [3.8, 4) is 5.75 Å². The molecule has 1 aliphatic rings. The Balaban J connectivity index is 1.64. The second kappa shape index (κ2) is 9.35. The zero-order valence-electron chi connectivity index (χ0n) is 16.8. The molecular formula is C21H32N4O2. The molecule has 6 heteroatoms. The Kier molecular flexibility index (Phi) is 6.88. The lowest BCUT2D eigenvalue weighted by molar-refractivity contribution is 0.0482. The molecule has 1 N–H and O–H groups in total. The molecule has 27 heavy (non-hydrogen) atoms. The SMILES string of the molecule is CCn1ccnc1CN1CCN(Cc2ccc(OC)c(C)c2)[C@@H](CCO)C1. The van der Waals surface area contributed by atoms with Crippen molar-refractivity contribution < 1.29 is 9.84 Å². The van der Waals surface area contributed by atoms with Crippen LogP contribution in [0.3, 0.4) is 0 Å². The first-order valence-electron chi connectivity index (χ1n) is 9.85. The van der Waals surface area contributed by atoms with Crippen molar-refractivity contribution in [2.45, 2.75) is 45.9 Å². The van der Waals surface area contributed by atoms with Gasteiger partial charge in [0.25, 0.3) is 0 Å². The highest BCUT2D eigenvalue weighted by molar-refractivity contribution is 5.36. The zero-order chi connectivity index (χ0) is 19.2. The van der Waals surface area contributed by atoms with Gasteiger partial charge in [-0.05, 0) is 37.5 Å². The molecule has 0 saturated carbocycles. The summed E-state index contributed by atoms with van der Waals surface area (Å²) in [5.41, 5.74) is 2.46. The molecule has 2 aromatic rings. The van der Waals surface area contributed by atoms with Crippen molar-refractivity contribution in [2.75, 3.05) is 33.4 Å². The molecule has 1 aliphatic heterocycles. The van der Waals surface area contributed by atoms with Crippen LogP contribution in [-0.2, 0) is 19.6 Å². The van der Waals surface area contributed by atoms with Crippen molar-refractivity contribution >= 4 is 0 Å². The van der Waals surface area contributed by atoms with Crippen LogP contribution in [0, 0.1) is 6.92 Å². The molecule has 1 atom stereocenters. The van der Waals surface area contributed by atoms with E-state index in [1.165, 1.54) is 11.1 Å². The molecule has 0 spiro atoms. The average molecular weight is 373 g/mol. The number of rotatable bonds is 8. The summed E-state index contributed by atoms with van der Waals surface area (Å²) in [6, 6.07) is 6.76. The van der Waals surface area contributed by atoms with Crippen LogP contribution in [0.4, 0.5) is 0 Å². The lowest BCUT2D eigenvalue weighted by Gasteiger charge is -2.41. The minimum atomic E-state index is 0.222. The zero-order valence-corrected chi connectivity index (χ0v) is 16.8. The smallest absolute Gasteiger partial charge is 0.122 e. The van der Waals surface area contributed by atoms with Crippen molar-refractivity contribution in [3.63, 3.8) is 0 Å². The van der Waals surface area contributed by atoms with E-state index in [1.807, 2.05) is 18.5 Å². The van der Waals surface area contributed by atoms with E-state index in [0.29, 0.717) is 6.04 Å². The van der Waals surface area contributed by atoms with Gasteiger partial charge in [-0.1, -0.05) is 12.1 Å². The molecule has 1 aromatic carbocycles. The summed E-state index contributed by atoms with van der Waals surface area (Å²) < 4.78 is 7.57. The molecule has 0 amide bonds. The second-order valence-electron chi connectivity index (χ2n) is 7.31. The number of hydrogen-bond donors (Lipinski definition) is 1. The monoisotopic (exact) mass is 372 g/mol. The maximum absolute atomic E-state index is 9.56. The molecule has 0 aliphatic carbocycles. The Morgan fingerprint density at radius 3 is 2.81 bits per heavy atom. The normalized spacial score (nSPS) is 18.7. The van der Waals surface area contributed by atoms with Gasteiger partial charge >= 0.3 is 0 Å². The number of imidazole rings is 1. The fourth-order valence-electron chi connectivity index (χ4n) is 3.98. The minimum absolute atomic E-state index is 0.222. The lowest BCUT2D eigenvalue weighted by Crippen LogP contribution is -2.52. The molecule has 3 rings (SSSR count). The van der Waals surface area contributed by atoms with Crippen molar-refractivity contribution in [1.29, 1.82) is 0 Å². The van der Waals surface area contributed by atoms with E-state index < -0.39 is 0 Å². The maximum Gasteiger partial charge on any atom is 0.122 e. The Hall–Kier alpha value is -1.89. The summed E-state index contributed by atoms with van der Waals surface area (Å²) in [6.07, 6.45) is 4.73. The molecule has 148 valence electrons. The lowest BCUT2D eigenvalue weighted by atomic mass is 10.1. The highest BCUT2D eigenvalue weighted by Crippen LogP contribution is 2.22. The first-order chi connectivity index (χ1) is 13.1. The molecular weight excluding hydrogens is 340 g/mol. The van der Waals surface area contributed by atoms with Crippen LogP contribution < -0.4 is 4.74 Å². The Morgan fingerprint density at radius 1 is 1.26 bits per heavy atom. The highest BCUT2D eigenvalue weighted by Gasteiger charge is 2.27. The van der Waals surface area contributed by atoms with E-state index in [-0.39, 0.29) is 6.61 Å². The van der Waals surface area contributed by atoms with Gasteiger partial charge in [0.2, 0.25) is 0 Å². The molecule has 1 aromatic heterocycles. The van der Waals surface area contributed by atoms with Crippen molar-refractivity contribution in [3.05, 3.63) is 47.5 Å². The van der Waals surface area contributed by atoms with E-state index >= 15 is 0 Å². The van der Waals surface area contributed by atoms with Gasteiger partial charge in [-0.2, -0.15) is 0 Å². The summed E-state index contributed by atoms with van der Waals surface area (Å²) in [7, 11) is 1.71. The summed E-state index contributed by atoms with van der Waals surface area (Å²) in [5.74, 6) is 2.06. The van der Waals surface area contributed by atoms with Crippen LogP contribution in [-0.4, -0.2) is 63.9 Å². The molecule has 1 saturated heterocycles. The van der Waals surface area contributed by atoms with Gasteiger partial charge in [0, 0.05) is 57.8 Å². The van der Waals surface area contributed by atoms with Gasteiger partial charge in [-0.3, -0.25) is 9.80 Å². The third-order valence-corrected chi connectivity index (χ3v) is 5.50. The van der Waals surface area contributed by atoms with E-state index in [1.54, 1.807) is 7.11 Å². The number of piperazine rings is 1. The maximum atomic E-state index is 9.56. The summed E-state index contributed by atoms with van der Waals surface area (Å²) >= 11 is 0. The highest BCUT2D eigenvalue weighted by atomic mass is 16.5. The number of ether oxygens (including phenoxy) is 1. The van der Waals surface area contributed by atoms with Crippen LogP contribution in [0.2, 0.25) is 0 Å². The Bertz CT molecular complexity index is 731. The summed E-state index contributed by atoms with van der Waals surface area (Å²) in [5, 5.41) is 9.56. The van der Waals surface area contributed by atoms with Crippen molar-refractivity contribution in [2.24, 2.45) is 0 Å². The van der Waals surface area contributed by atoms with Gasteiger partial charge in [-0.25, -0.2) is 4.98 Å². The van der Waals surface area contributed by atoms with E-state index in [0.717, 1.165) is 57.3 Å². The second-order valence-corrected chi connectivity index (χ2v) is 7.31. The van der Waals surface area contributed by atoms with E-state index in [9.17, 15) is 5.11 Å². The first kappa shape index (κ1) is 19.9. The predicted molar refractivity (Wildman–Crippen MR) is 107 cm³/mol. The molecule has 6 nitrogen and oxygen atoms in total. The number of methoxy groups -OCH3 is 1. The van der Waals surface area contributed by atoms with Crippen LogP contribution in [0.25, 0.3) is 0 Å². The van der Waals surface area contributed by atoms with Crippen LogP contribution in [0.5, 0.6) is 5.75 Å². The van der Waals surface area contributed by atoms with Crippen LogP contribution in [0.1, 0.15) is 30.3 Å². The Morgan fingerprint density at radius 2 is 2.11 bits per heavy atom. The molecule has 1 fully saturated rings. The first-order valence-corrected chi connectivity index (χ1v) is 9.85. The van der Waals surface area contributed by atoms with Crippen molar-refractivity contribution in [1.82, 2.24) is 19.4 Å². The van der Waals surface area contributed by atoms with E-state index in [4.69, 9.17) is 4.74 Å². The molecule has 0 unspecified atom stereocenters. The predicted octanol–water partition coefficient (Wildman–Crippen LogP) is 2.29. The van der Waals surface area contributed by atoms with E-state index in [2.05, 4.69) is 45.3 Å². The molecule has 0 bridgehead atoms. The summed E-state index contributed by atoms with van der Waals surface area (Å²) in [4.78, 5) is 9.47. The Labute approximate surface area is 162 Å². The summed E-state index contributed by atoms with van der Waals surface area (Å²) in [6.45, 7) is 10.2. The largest absolute Gasteiger partial charge is 0.496 e. The molecule has 0 radical (unpaired) electrons. The standard InChI is InChI=1S/C21H32N4O2/c1-4-24-9-8-22-21(24)16-23-10-11-25(19(15-23)7-12-26)14-18-5-6-20(27-3)17(2)13-18/h5-6,8-9,13,19,26H,4,7,10-12,14-16H2,1-3H3/t19-/m0/s1. The quantitative estimate of drug-likeness (QED) is 0.771. The topological polar surface area (TPSA) is 53.8 Å². The van der Waals surface area contributed by atoms with Gasteiger partial charge in [-0.15, -0.1) is 0 Å². The number of hydrogen-bond acceptors (Lipinski definition) is 5. The third kappa shape index (κ3) is 4.89. The fraction of sp³-hybridized carbons (Fsp3) is 0.571. The van der Waals surface area contributed by atoms with Crippen LogP contribution in [0.15, 0.2) is 30.6 Å². The third-order valence-electron chi connectivity index (χ3n) is 5.50. The number of aromatic nitrogens is 2. The number of aryl methyl sites for hydroxylation is 2. The fourth-order valence-corrected chi connectivity index (χ4v) is 3.98. The van der Waals surface area contributed by atoms with Crippen LogP contribution >= 0.6 is 0 Å². The number of aliphatic hydroxyl groups is 1. The van der Waals surface area contributed by atoms with Gasteiger partial charge in [0.15, 0.2) is 0 Å². The number of benzene rings is 1. The van der Waals surface area contributed by atoms with Gasteiger partial charge in [0.1, 0.15) is 11.6 Å². The minimum Gasteiger partial charge on any atom is -0.496 e. The van der Waals surface area contributed by atoms with Gasteiger partial charge in [0.05, 0.1) is 13.7 Å². The number of aliphatic hydroxyl groups excluding tert-OH is 1. The molecule has 2 heterocycles. The van der Waals surface area contributed by atoms with Gasteiger partial charge < -0.3 is 14.4 Å². The number of nitrogens with zero attached hydrogens (tertiary/aromatic N) is 4. The average Bonchev–Trinajstić information content (AvgIpc) is 3.11.